The molecule has 0 amide bonds. The van der Waals surface area contributed by atoms with Crippen LogP contribution in [0.1, 0.15) is 26.7 Å². The molecule has 3 unspecified atom stereocenters. The smallest absolute Gasteiger partial charge is 0.227 e. The van der Waals surface area contributed by atoms with Crippen molar-refractivity contribution in [3.05, 3.63) is 12.3 Å². The Labute approximate surface area is 143 Å². The molecule has 0 spiro atoms. The molecule has 0 saturated carbocycles. The topological polar surface area (TPSA) is 83.3 Å². The lowest BCUT2D eigenvalue weighted by molar-refractivity contribution is -0.0203. The van der Waals surface area contributed by atoms with Gasteiger partial charge in [-0.25, -0.2) is 4.98 Å². The third kappa shape index (κ3) is 3.94. The van der Waals surface area contributed by atoms with Crippen LogP contribution in [0.25, 0.3) is 0 Å². The molecule has 3 heterocycles. The van der Waals surface area contributed by atoms with Gasteiger partial charge in [0.2, 0.25) is 5.95 Å². The maximum absolute atomic E-state index is 9.04. The maximum Gasteiger partial charge on any atom is 0.227 e. The summed E-state index contributed by atoms with van der Waals surface area (Å²) in [6.07, 6.45) is 3.68. The molecule has 0 aromatic carbocycles. The number of aromatic nitrogens is 2. The summed E-state index contributed by atoms with van der Waals surface area (Å²) in [7, 11) is 0. The van der Waals surface area contributed by atoms with Crippen LogP contribution in [0.3, 0.4) is 0 Å². The summed E-state index contributed by atoms with van der Waals surface area (Å²) in [5.41, 5.74) is 0. The van der Waals surface area contributed by atoms with E-state index in [0.717, 1.165) is 25.3 Å². The zero-order chi connectivity index (χ0) is 16.9. The van der Waals surface area contributed by atoms with Gasteiger partial charge in [0.05, 0.1) is 31.4 Å². The molecule has 2 fully saturated rings. The minimum absolute atomic E-state index is 0.198. The fourth-order valence-corrected chi connectivity index (χ4v) is 3.29. The van der Waals surface area contributed by atoms with Crippen molar-refractivity contribution in [2.24, 2.45) is 5.92 Å². The van der Waals surface area contributed by atoms with Crippen molar-refractivity contribution in [3.63, 3.8) is 0 Å². The molecule has 1 N–H and O–H groups in total. The van der Waals surface area contributed by atoms with E-state index in [2.05, 4.69) is 35.2 Å². The van der Waals surface area contributed by atoms with E-state index in [1.807, 2.05) is 11.0 Å². The van der Waals surface area contributed by atoms with Crippen molar-refractivity contribution in [1.29, 1.82) is 5.26 Å². The Bertz CT molecular complexity index is 589. The summed E-state index contributed by atoms with van der Waals surface area (Å²) in [5.74, 6) is 1.90. The summed E-state index contributed by atoms with van der Waals surface area (Å²) < 4.78 is 11.3. The first-order valence-corrected chi connectivity index (χ1v) is 8.64. The largest absolute Gasteiger partial charge is 0.376 e. The molecule has 0 radical (unpaired) electrons. The first-order valence-electron chi connectivity index (χ1n) is 8.64. The van der Waals surface area contributed by atoms with E-state index in [1.54, 1.807) is 6.20 Å². The maximum atomic E-state index is 9.04. The Morgan fingerprint density at radius 1 is 1.38 bits per heavy atom. The zero-order valence-electron chi connectivity index (χ0n) is 14.3. The molecule has 2 aliphatic rings. The van der Waals surface area contributed by atoms with Crippen molar-refractivity contribution >= 4 is 11.8 Å². The van der Waals surface area contributed by atoms with Gasteiger partial charge >= 0.3 is 0 Å². The minimum atomic E-state index is -0.420. The molecule has 1 aromatic rings. The molecule has 2 aliphatic heterocycles. The van der Waals surface area contributed by atoms with E-state index >= 15 is 0 Å². The van der Waals surface area contributed by atoms with Crippen LogP contribution in [-0.4, -0.2) is 54.5 Å². The molecule has 1 aromatic heterocycles. The molecule has 7 nitrogen and oxygen atoms in total. The SMILES string of the molecule is CC(C)C1OCCCC1Nc1ccnc(N2CCOC(C#N)C2)n1. The number of nitrogens with zero attached hydrogens (tertiary/aromatic N) is 4. The lowest BCUT2D eigenvalue weighted by Crippen LogP contribution is -2.44. The van der Waals surface area contributed by atoms with Gasteiger partial charge in [-0.3, -0.25) is 0 Å². The molecule has 7 heteroatoms. The van der Waals surface area contributed by atoms with Gasteiger partial charge in [-0.2, -0.15) is 10.2 Å². The van der Waals surface area contributed by atoms with Crippen LogP contribution in [0.4, 0.5) is 11.8 Å². The molecule has 0 bridgehead atoms. The number of ether oxygens (including phenoxy) is 2. The Balaban J connectivity index is 1.70. The van der Waals surface area contributed by atoms with E-state index in [1.165, 1.54) is 0 Å². The number of anilines is 2. The molecule has 3 rings (SSSR count). The van der Waals surface area contributed by atoms with E-state index in [-0.39, 0.29) is 12.1 Å². The highest BCUT2D eigenvalue weighted by Crippen LogP contribution is 2.24. The minimum Gasteiger partial charge on any atom is -0.376 e. The molecule has 2 saturated heterocycles. The first kappa shape index (κ1) is 16.9. The molecular weight excluding hydrogens is 306 g/mol. The van der Waals surface area contributed by atoms with E-state index in [0.29, 0.717) is 31.6 Å². The second kappa shape index (κ2) is 7.77. The average molecular weight is 331 g/mol. The summed E-state index contributed by atoms with van der Waals surface area (Å²) in [6.45, 7) is 6.92. The van der Waals surface area contributed by atoms with Crippen molar-refractivity contribution in [2.45, 2.75) is 44.9 Å². The standard InChI is InChI=1S/C17H25N5O2/c1-12(2)16-14(4-3-8-24-16)20-15-5-6-19-17(21-15)22-7-9-23-13(10-18)11-22/h5-6,12-14,16H,3-4,7-9,11H2,1-2H3,(H,19,20,21). The van der Waals surface area contributed by atoms with Gasteiger partial charge in [0.15, 0.2) is 6.10 Å². The highest BCUT2D eigenvalue weighted by molar-refractivity contribution is 5.42. The first-order chi connectivity index (χ1) is 11.7. The van der Waals surface area contributed by atoms with Crippen molar-refractivity contribution < 1.29 is 9.47 Å². The highest BCUT2D eigenvalue weighted by Gasteiger charge is 2.29. The number of morpholine rings is 1. The predicted molar refractivity (Wildman–Crippen MR) is 90.8 cm³/mol. The van der Waals surface area contributed by atoms with Gasteiger partial charge in [0, 0.05) is 19.3 Å². The predicted octanol–water partition coefficient (Wildman–Crippen LogP) is 1.82. The second-order valence-corrected chi connectivity index (χ2v) is 6.65. The van der Waals surface area contributed by atoms with E-state index < -0.39 is 6.10 Å². The molecule has 24 heavy (non-hydrogen) atoms. The van der Waals surface area contributed by atoms with Crippen LogP contribution >= 0.6 is 0 Å². The molecule has 130 valence electrons. The summed E-state index contributed by atoms with van der Waals surface area (Å²) in [5, 5.41) is 12.6. The van der Waals surface area contributed by atoms with Crippen molar-refractivity contribution in [2.75, 3.05) is 36.5 Å². The van der Waals surface area contributed by atoms with Crippen molar-refractivity contribution in [3.8, 4) is 6.07 Å². The fourth-order valence-electron chi connectivity index (χ4n) is 3.29. The zero-order valence-corrected chi connectivity index (χ0v) is 14.3. The number of hydrogen-bond donors (Lipinski definition) is 1. The summed E-state index contributed by atoms with van der Waals surface area (Å²) in [4.78, 5) is 11.0. The molecular formula is C17H25N5O2. The lowest BCUT2D eigenvalue weighted by atomic mass is 9.94. The molecule has 3 atom stereocenters. The van der Waals surface area contributed by atoms with Gasteiger partial charge in [-0.05, 0) is 24.8 Å². The summed E-state index contributed by atoms with van der Waals surface area (Å²) in [6, 6.07) is 4.30. The van der Waals surface area contributed by atoms with Gasteiger partial charge in [-0.15, -0.1) is 0 Å². The van der Waals surface area contributed by atoms with Crippen LogP contribution in [-0.2, 0) is 9.47 Å². The van der Waals surface area contributed by atoms with Crippen LogP contribution in [0.2, 0.25) is 0 Å². The Morgan fingerprint density at radius 3 is 3.04 bits per heavy atom. The number of nitrogens with one attached hydrogen (secondary N) is 1. The number of hydrogen-bond acceptors (Lipinski definition) is 7. The number of nitriles is 1. The normalized spacial score (nSPS) is 27.8. The molecule has 0 aliphatic carbocycles. The van der Waals surface area contributed by atoms with E-state index in [9.17, 15) is 0 Å². The third-order valence-electron chi connectivity index (χ3n) is 4.49. The van der Waals surface area contributed by atoms with E-state index in [4.69, 9.17) is 14.7 Å². The summed E-state index contributed by atoms with van der Waals surface area (Å²) >= 11 is 0. The van der Waals surface area contributed by atoms with Gasteiger partial charge < -0.3 is 19.7 Å². The van der Waals surface area contributed by atoms with Crippen LogP contribution in [0, 0.1) is 17.2 Å². The van der Waals surface area contributed by atoms with Crippen LogP contribution < -0.4 is 10.2 Å². The highest BCUT2D eigenvalue weighted by atomic mass is 16.5. The van der Waals surface area contributed by atoms with Gasteiger partial charge in [0.25, 0.3) is 0 Å². The van der Waals surface area contributed by atoms with Crippen LogP contribution in [0.5, 0.6) is 0 Å². The third-order valence-corrected chi connectivity index (χ3v) is 4.49. The Kier molecular flexibility index (Phi) is 5.48. The monoisotopic (exact) mass is 331 g/mol. The lowest BCUT2D eigenvalue weighted by Gasteiger charge is -2.35. The van der Waals surface area contributed by atoms with Crippen molar-refractivity contribution in [1.82, 2.24) is 9.97 Å². The Morgan fingerprint density at radius 2 is 2.25 bits per heavy atom. The quantitative estimate of drug-likeness (QED) is 0.901. The Hall–Kier alpha value is -1.91. The van der Waals surface area contributed by atoms with Crippen LogP contribution in [0.15, 0.2) is 12.3 Å². The van der Waals surface area contributed by atoms with Gasteiger partial charge in [-0.1, -0.05) is 13.8 Å². The number of rotatable bonds is 4. The van der Waals surface area contributed by atoms with Gasteiger partial charge in [0.1, 0.15) is 5.82 Å². The fraction of sp³-hybridized carbons (Fsp3) is 0.706. The second-order valence-electron chi connectivity index (χ2n) is 6.65. The average Bonchev–Trinajstić information content (AvgIpc) is 2.62.